The fourth-order valence-electron chi connectivity index (χ4n) is 4.81. The molecule has 24 heavy (non-hydrogen) atoms. The van der Waals surface area contributed by atoms with Crippen LogP contribution in [0.3, 0.4) is 0 Å². The number of methoxy groups -OCH3 is 1. The predicted octanol–water partition coefficient (Wildman–Crippen LogP) is 4.04. The van der Waals surface area contributed by atoms with Crippen molar-refractivity contribution in [3.63, 3.8) is 0 Å². The third-order valence-corrected chi connectivity index (χ3v) is 6.03. The van der Waals surface area contributed by atoms with Gasteiger partial charge in [0.05, 0.1) is 12.6 Å². The number of hydrogen-bond donors (Lipinski definition) is 1. The number of carbonyl (C=O) groups excluding carboxylic acids is 1. The summed E-state index contributed by atoms with van der Waals surface area (Å²) < 4.78 is 5.21. The fourth-order valence-corrected chi connectivity index (χ4v) is 4.81. The maximum absolute atomic E-state index is 13.3. The van der Waals surface area contributed by atoms with Crippen molar-refractivity contribution in [1.29, 1.82) is 0 Å². The maximum Gasteiger partial charge on any atom is 0.272 e. The molecule has 1 N–H and O–H groups in total. The van der Waals surface area contributed by atoms with Crippen molar-refractivity contribution in [3.05, 3.63) is 41.6 Å². The molecule has 1 aliphatic heterocycles. The van der Waals surface area contributed by atoms with Crippen molar-refractivity contribution in [2.45, 2.75) is 56.9 Å². The van der Waals surface area contributed by atoms with E-state index in [2.05, 4.69) is 11.5 Å². The SMILES string of the molecule is COc1ccc(C(=O)N2NC3=CCCC[C@H]3C23CCCCC3)cc1. The number of hydrogen-bond acceptors (Lipinski definition) is 3. The van der Waals surface area contributed by atoms with Gasteiger partial charge in [-0.3, -0.25) is 10.2 Å². The van der Waals surface area contributed by atoms with E-state index in [4.69, 9.17) is 4.74 Å². The first-order valence-electron chi connectivity index (χ1n) is 9.20. The molecular formula is C20H26N2O2. The van der Waals surface area contributed by atoms with E-state index < -0.39 is 0 Å². The highest BCUT2D eigenvalue weighted by Gasteiger charge is 2.53. The minimum Gasteiger partial charge on any atom is -0.497 e. The molecule has 4 rings (SSSR count). The number of rotatable bonds is 2. The molecule has 1 amide bonds. The smallest absolute Gasteiger partial charge is 0.272 e. The molecule has 0 aromatic heterocycles. The predicted molar refractivity (Wildman–Crippen MR) is 93.5 cm³/mol. The average Bonchev–Trinajstić information content (AvgIpc) is 2.96. The van der Waals surface area contributed by atoms with Crippen LogP contribution in [0.15, 0.2) is 36.0 Å². The number of ether oxygens (including phenoxy) is 1. The van der Waals surface area contributed by atoms with E-state index in [9.17, 15) is 4.79 Å². The van der Waals surface area contributed by atoms with E-state index in [0.717, 1.165) is 30.6 Å². The van der Waals surface area contributed by atoms with E-state index >= 15 is 0 Å². The number of hydrazine groups is 1. The van der Waals surface area contributed by atoms with Crippen molar-refractivity contribution < 1.29 is 9.53 Å². The number of carbonyl (C=O) groups is 1. The molecule has 0 radical (unpaired) electrons. The first kappa shape index (κ1) is 15.6. The minimum absolute atomic E-state index is 0.0263. The van der Waals surface area contributed by atoms with Crippen LogP contribution in [0.1, 0.15) is 61.7 Å². The normalized spacial score (nSPS) is 25.0. The summed E-state index contributed by atoms with van der Waals surface area (Å²) in [5, 5.41) is 1.98. The first-order chi connectivity index (χ1) is 11.7. The van der Waals surface area contributed by atoms with Crippen molar-refractivity contribution in [1.82, 2.24) is 10.4 Å². The zero-order valence-corrected chi connectivity index (χ0v) is 14.4. The Morgan fingerprint density at radius 3 is 2.62 bits per heavy atom. The number of nitrogens with zero attached hydrogens (tertiary/aromatic N) is 1. The number of allylic oxidation sites excluding steroid dienone is 1. The molecule has 1 saturated heterocycles. The number of fused-ring (bicyclic) bond motifs is 2. The molecule has 1 spiro atoms. The van der Waals surface area contributed by atoms with Gasteiger partial charge in [0.15, 0.2) is 0 Å². The van der Waals surface area contributed by atoms with Gasteiger partial charge in [0.25, 0.3) is 5.91 Å². The summed E-state index contributed by atoms with van der Waals surface area (Å²) in [7, 11) is 1.65. The molecular weight excluding hydrogens is 300 g/mol. The van der Waals surface area contributed by atoms with E-state index in [-0.39, 0.29) is 11.4 Å². The lowest BCUT2D eigenvalue weighted by Gasteiger charge is -2.43. The van der Waals surface area contributed by atoms with Crippen molar-refractivity contribution in [2.75, 3.05) is 7.11 Å². The van der Waals surface area contributed by atoms with Crippen LogP contribution in [0, 0.1) is 5.92 Å². The highest BCUT2D eigenvalue weighted by atomic mass is 16.5. The molecule has 2 fully saturated rings. The van der Waals surface area contributed by atoms with Crippen LogP contribution in [-0.4, -0.2) is 23.6 Å². The molecule has 1 saturated carbocycles. The van der Waals surface area contributed by atoms with Crippen LogP contribution in [0.5, 0.6) is 5.75 Å². The Balaban J connectivity index is 1.67. The Morgan fingerprint density at radius 2 is 1.92 bits per heavy atom. The van der Waals surface area contributed by atoms with Crippen molar-refractivity contribution in [3.8, 4) is 5.75 Å². The monoisotopic (exact) mass is 326 g/mol. The summed E-state index contributed by atoms with van der Waals surface area (Å²) in [4.78, 5) is 13.3. The van der Waals surface area contributed by atoms with Gasteiger partial charge in [-0.2, -0.15) is 0 Å². The summed E-state index contributed by atoms with van der Waals surface area (Å²) in [5.41, 5.74) is 5.48. The molecule has 0 unspecified atom stereocenters. The van der Waals surface area contributed by atoms with Crippen molar-refractivity contribution in [2.24, 2.45) is 5.92 Å². The standard InChI is InChI=1S/C20H26N2O2/c1-24-16-11-9-15(10-12-16)19(23)22-20(13-5-2-6-14-20)17-7-3-4-8-18(17)21-22/h8-12,17,21H,2-7,13-14H2,1H3/t17-/m1/s1. The largest absolute Gasteiger partial charge is 0.497 e. The molecule has 2 aliphatic carbocycles. The van der Waals surface area contributed by atoms with Gasteiger partial charge in [-0.15, -0.1) is 0 Å². The van der Waals surface area contributed by atoms with Crippen LogP contribution in [-0.2, 0) is 0 Å². The van der Waals surface area contributed by atoms with Gasteiger partial charge in [0.1, 0.15) is 5.75 Å². The lowest BCUT2D eigenvalue weighted by molar-refractivity contribution is 0.0226. The van der Waals surface area contributed by atoms with Gasteiger partial charge in [-0.25, -0.2) is 5.01 Å². The van der Waals surface area contributed by atoms with E-state index in [1.165, 1.54) is 37.8 Å². The van der Waals surface area contributed by atoms with Gasteiger partial charge in [-0.05, 0) is 56.4 Å². The third kappa shape index (κ3) is 2.40. The average molecular weight is 326 g/mol. The topological polar surface area (TPSA) is 41.6 Å². The molecule has 1 aromatic carbocycles. The number of benzene rings is 1. The van der Waals surface area contributed by atoms with Crippen LogP contribution < -0.4 is 10.2 Å². The summed E-state index contributed by atoms with van der Waals surface area (Å²) in [5.74, 6) is 1.37. The van der Waals surface area contributed by atoms with Crippen LogP contribution in [0.2, 0.25) is 0 Å². The van der Waals surface area contributed by atoms with Crippen LogP contribution in [0.4, 0.5) is 0 Å². The number of amides is 1. The number of nitrogens with one attached hydrogen (secondary N) is 1. The third-order valence-electron chi connectivity index (χ3n) is 6.03. The van der Waals surface area contributed by atoms with Gasteiger partial charge >= 0.3 is 0 Å². The molecule has 128 valence electrons. The quantitative estimate of drug-likeness (QED) is 0.892. The molecule has 3 aliphatic rings. The highest BCUT2D eigenvalue weighted by Crippen LogP contribution is 2.49. The molecule has 4 heteroatoms. The Bertz CT molecular complexity index is 644. The van der Waals surface area contributed by atoms with Crippen LogP contribution in [0.25, 0.3) is 0 Å². The fraction of sp³-hybridized carbons (Fsp3) is 0.550. The van der Waals surface area contributed by atoms with Gasteiger partial charge in [0, 0.05) is 17.2 Å². The second kappa shape index (κ2) is 6.15. The van der Waals surface area contributed by atoms with E-state index in [1.54, 1.807) is 7.11 Å². The van der Waals surface area contributed by atoms with Gasteiger partial charge in [0.2, 0.25) is 0 Å². The molecule has 0 bridgehead atoms. The van der Waals surface area contributed by atoms with Gasteiger partial charge in [-0.1, -0.05) is 25.3 Å². The minimum atomic E-state index is -0.0263. The lowest BCUT2D eigenvalue weighted by Crippen LogP contribution is -2.54. The summed E-state index contributed by atoms with van der Waals surface area (Å²) in [6.45, 7) is 0. The summed E-state index contributed by atoms with van der Waals surface area (Å²) in [6.07, 6.45) is 11.8. The Morgan fingerprint density at radius 1 is 1.17 bits per heavy atom. The molecule has 4 nitrogen and oxygen atoms in total. The summed E-state index contributed by atoms with van der Waals surface area (Å²) >= 11 is 0. The lowest BCUT2D eigenvalue weighted by atomic mass is 9.69. The zero-order valence-electron chi connectivity index (χ0n) is 14.4. The second-order valence-electron chi connectivity index (χ2n) is 7.29. The van der Waals surface area contributed by atoms with Crippen molar-refractivity contribution >= 4 is 5.91 Å². The second-order valence-corrected chi connectivity index (χ2v) is 7.29. The first-order valence-corrected chi connectivity index (χ1v) is 9.20. The zero-order chi connectivity index (χ0) is 16.6. The maximum atomic E-state index is 13.3. The molecule has 1 heterocycles. The van der Waals surface area contributed by atoms with E-state index in [1.807, 2.05) is 29.3 Å². The Kier molecular flexibility index (Phi) is 3.99. The van der Waals surface area contributed by atoms with E-state index in [0.29, 0.717) is 5.92 Å². The van der Waals surface area contributed by atoms with Gasteiger partial charge < -0.3 is 4.74 Å². The Labute approximate surface area is 143 Å². The Hall–Kier alpha value is -1.97. The summed E-state index contributed by atoms with van der Waals surface area (Å²) in [6, 6.07) is 7.47. The molecule has 1 atom stereocenters. The van der Waals surface area contributed by atoms with Crippen LogP contribution >= 0.6 is 0 Å². The molecule has 1 aromatic rings. The highest BCUT2D eigenvalue weighted by molar-refractivity contribution is 5.95.